The van der Waals surface area contributed by atoms with Crippen LogP contribution in [0.25, 0.3) is 5.65 Å². The molecule has 2 aromatic heterocycles. The minimum Gasteiger partial charge on any atom is -0.394 e. The number of aromatic nitrogens is 3. The van der Waals surface area contributed by atoms with Gasteiger partial charge in [0.2, 0.25) is 5.91 Å². The van der Waals surface area contributed by atoms with Crippen LogP contribution in [0, 0.1) is 0 Å². The van der Waals surface area contributed by atoms with E-state index in [1.165, 1.54) is 0 Å². The number of aliphatic hydroxyl groups is 1. The maximum atomic E-state index is 11.2. The first-order valence-electron chi connectivity index (χ1n) is 6.04. The van der Waals surface area contributed by atoms with Crippen molar-refractivity contribution in [1.29, 1.82) is 0 Å². The van der Waals surface area contributed by atoms with E-state index >= 15 is 0 Å². The monoisotopic (exact) mass is 263 g/mol. The van der Waals surface area contributed by atoms with Crippen LogP contribution in [-0.2, 0) is 4.79 Å². The van der Waals surface area contributed by atoms with Crippen LogP contribution in [-0.4, -0.2) is 38.3 Å². The SMILES string of the molecule is CC(C)c1cc(N[C@@H](CO)C(N)=O)n2nccc2n1. The molecule has 1 atom stereocenters. The highest BCUT2D eigenvalue weighted by atomic mass is 16.3. The number of nitrogens with one attached hydrogen (secondary N) is 1. The fourth-order valence-electron chi connectivity index (χ4n) is 1.72. The van der Waals surface area contributed by atoms with Crippen molar-refractivity contribution < 1.29 is 9.90 Å². The highest BCUT2D eigenvalue weighted by Gasteiger charge is 2.17. The minimum absolute atomic E-state index is 0.238. The van der Waals surface area contributed by atoms with E-state index in [0.717, 1.165) is 5.69 Å². The number of carbonyl (C=O) groups is 1. The number of amides is 1. The molecular formula is C12H17N5O2. The Bertz CT molecular complexity index is 593. The summed E-state index contributed by atoms with van der Waals surface area (Å²) in [5.41, 5.74) is 6.75. The fourth-order valence-corrected chi connectivity index (χ4v) is 1.72. The Morgan fingerprint density at radius 3 is 2.89 bits per heavy atom. The topological polar surface area (TPSA) is 106 Å². The molecule has 0 aliphatic carbocycles. The van der Waals surface area contributed by atoms with Gasteiger partial charge in [0.25, 0.3) is 0 Å². The molecule has 0 spiro atoms. The van der Waals surface area contributed by atoms with E-state index in [1.807, 2.05) is 13.8 Å². The first-order chi connectivity index (χ1) is 9.02. The summed E-state index contributed by atoms with van der Waals surface area (Å²) in [5, 5.41) is 16.2. The second-order valence-corrected chi connectivity index (χ2v) is 4.60. The van der Waals surface area contributed by atoms with Gasteiger partial charge in [-0.3, -0.25) is 4.79 Å². The molecule has 0 saturated heterocycles. The summed E-state index contributed by atoms with van der Waals surface area (Å²) in [6, 6.07) is 2.72. The molecule has 0 unspecified atom stereocenters. The average Bonchev–Trinajstić information content (AvgIpc) is 2.83. The molecular weight excluding hydrogens is 246 g/mol. The maximum absolute atomic E-state index is 11.2. The summed E-state index contributed by atoms with van der Waals surface area (Å²) in [5.74, 6) is 0.198. The number of fused-ring (bicyclic) bond motifs is 1. The maximum Gasteiger partial charge on any atom is 0.242 e. The molecule has 19 heavy (non-hydrogen) atoms. The first-order valence-corrected chi connectivity index (χ1v) is 6.04. The van der Waals surface area contributed by atoms with Crippen molar-refractivity contribution in [1.82, 2.24) is 14.6 Å². The van der Waals surface area contributed by atoms with Crippen LogP contribution >= 0.6 is 0 Å². The summed E-state index contributed by atoms with van der Waals surface area (Å²) in [4.78, 5) is 15.6. The van der Waals surface area contributed by atoms with E-state index in [0.29, 0.717) is 11.5 Å². The molecule has 0 aliphatic heterocycles. The molecule has 0 radical (unpaired) electrons. The first kappa shape index (κ1) is 13.3. The van der Waals surface area contributed by atoms with E-state index in [9.17, 15) is 4.79 Å². The predicted octanol–water partition coefficient (Wildman–Crippen LogP) is 0.111. The number of hydrogen-bond acceptors (Lipinski definition) is 5. The lowest BCUT2D eigenvalue weighted by molar-refractivity contribution is -0.119. The minimum atomic E-state index is -0.852. The van der Waals surface area contributed by atoms with Crippen molar-refractivity contribution in [2.45, 2.75) is 25.8 Å². The van der Waals surface area contributed by atoms with Crippen LogP contribution < -0.4 is 11.1 Å². The van der Waals surface area contributed by atoms with Crippen molar-refractivity contribution in [3.05, 3.63) is 24.0 Å². The number of aliphatic hydroxyl groups excluding tert-OH is 1. The quantitative estimate of drug-likeness (QED) is 0.710. The molecule has 0 saturated carbocycles. The molecule has 0 aliphatic rings. The summed E-state index contributed by atoms with van der Waals surface area (Å²) < 4.78 is 1.57. The van der Waals surface area contributed by atoms with Crippen molar-refractivity contribution in [3.63, 3.8) is 0 Å². The molecule has 7 nitrogen and oxygen atoms in total. The van der Waals surface area contributed by atoms with Crippen LogP contribution in [0.3, 0.4) is 0 Å². The number of nitrogens with two attached hydrogens (primary N) is 1. The van der Waals surface area contributed by atoms with E-state index in [2.05, 4.69) is 15.4 Å². The second-order valence-electron chi connectivity index (χ2n) is 4.60. The van der Waals surface area contributed by atoms with Gasteiger partial charge in [-0.1, -0.05) is 13.8 Å². The Hall–Kier alpha value is -2.15. The van der Waals surface area contributed by atoms with E-state index in [1.54, 1.807) is 22.8 Å². The Balaban J connectivity index is 2.45. The van der Waals surface area contributed by atoms with Gasteiger partial charge in [-0.25, -0.2) is 4.98 Å². The summed E-state index contributed by atoms with van der Waals surface area (Å²) in [7, 11) is 0. The van der Waals surface area contributed by atoms with Gasteiger partial charge in [-0.15, -0.1) is 0 Å². The third-order valence-corrected chi connectivity index (χ3v) is 2.82. The van der Waals surface area contributed by atoms with E-state index in [-0.39, 0.29) is 12.5 Å². The van der Waals surface area contributed by atoms with Gasteiger partial charge < -0.3 is 16.2 Å². The van der Waals surface area contributed by atoms with Gasteiger partial charge in [0.1, 0.15) is 11.9 Å². The van der Waals surface area contributed by atoms with Crippen LogP contribution in [0.1, 0.15) is 25.5 Å². The molecule has 102 valence electrons. The van der Waals surface area contributed by atoms with Crippen LogP contribution in [0.2, 0.25) is 0 Å². The standard InChI is InChI=1S/C12H17N5O2/c1-7(2)8-5-11(16-9(6-18)12(13)19)17-10(15-8)3-4-14-17/h3-5,7,9,16,18H,6H2,1-2H3,(H2,13,19)/t9-/m0/s1. The van der Waals surface area contributed by atoms with Gasteiger partial charge >= 0.3 is 0 Å². The van der Waals surface area contributed by atoms with Gasteiger partial charge in [-0.05, 0) is 5.92 Å². The zero-order valence-electron chi connectivity index (χ0n) is 10.9. The van der Waals surface area contributed by atoms with Crippen molar-refractivity contribution in [2.75, 3.05) is 11.9 Å². The molecule has 7 heteroatoms. The number of primary amides is 1. The molecule has 1 amide bonds. The van der Waals surface area contributed by atoms with Crippen LogP contribution in [0.4, 0.5) is 5.82 Å². The number of anilines is 1. The molecule has 4 N–H and O–H groups in total. The molecule has 0 bridgehead atoms. The zero-order chi connectivity index (χ0) is 14.0. The van der Waals surface area contributed by atoms with Crippen LogP contribution in [0.15, 0.2) is 18.3 Å². The van der Waals surface area contributed by atoms with Gasteiger partial charge in [0, 0.05) is 17.8 Å². The third-order valence-electron chi connectivity index (χ3n) is 2.82. The summed E-state index contributed by atoms with van der Waals surface area (Å²) in [6.07, 6.45) is 1.62. The lowest BCUT2D eigenvalue weighted by Crippen LogP contribution is -2.39. The predicted molar refractivity (Wildman–Crippen MR) is 70.8 cm³/mol. The summed E-state index contributed by atoms with van der Waals surface area (Å²) >= 11 is 0. The Labute approximate surface area is 110 Å². The Morgan fingerprint density at radius 2 is 2.32 bits per heavy atom. The summed E-state index contributed by atoms with van der Waals surface area (Å²) in [6.45, 7) is 3.67. The average molecular weight is 263 g/mol. The molecule has 2 rings (SSSR count). The number of nitrogens with zero attached hydrogens (tertiary/aromatic N) is 3. The Morgan fingerprint density at radius 1 is 1.58 bits per heavy atom. The normalized spacial score (nSPS) is 12.8. The zero-order valence-corrected chi connectivity index (χ0v) is 10.9. The molecule has 0 aromatic carbocycles. The van der Waals surface area contributed by atoms with E-state index < -0.39 is 11.9 Å². The molecule has 2 aromatic rings. The Kier molecular flexibility index (Phi) is 3.66. The van der Waals surface area contributed by atoms with E-state index in [4.69, 9.17) is 10.8 Å². The molecule has 0 fully saturated rings. The third kappa shape index (κ3) is 2.65. The highest BCUT2D eigenvalue weighted by Crippen LogP contribution is 2.19. The fraction of sp³-hybridized carbons (Fsp3) is 0.417. The smallest absolute Gasteiger partial charge is 0.242 e. The second kappa shape index (κ2) is 5.23. The lowest BCUT2D eigenvalue weighted by Gasteiger charge is -2.16. The van der Waals surface area contributed by atoms with Crippen molar-refractivity contribution >= 4 is 17.4 Å². The largest absolute Gasteiger partial charge is 0.394 e. The van der Waals surface area contributed by atoms with Gasteiger partial charge in [0.15, 0.2) is 5.65 Å². The van der Waals surface area contributed by atoms with Crippen LogP contribution in [0.5, 0.6) is 0 Å². The number of hydrogen-bond donors (Lipinski definition) is 3. The molecule has 2 heterocycles. The van der Waals surface area contributed by atoms with Crippen molar-refractivity contribution in [2.24, 2.45) is 5.73 Å². The highest BCUT2D eigenvalue weighted by molar-refractivity contribution is 5.82. The van der Waals surface area contributed by atoms with Gasteiger partial charge in [0.05, 0.1) is 12.8 Å². The number of rotatable bonds is 5. The lowest BCUT2D eigenvalue weighted by atomic mass is 10.1. The van der Waals surface area contributed by atoms with Crippen molar-refractivity contribution in [3.8, 4) is 0 Å². The number of carbonyl (C=O) groups excluding carboxylic acids is 1. The van der Waals surface area contributed by atoms with Gasteiger partial charge in [-0.2, -0.15) is 9.61 Å².